The van der Waals surface area contributed by atoms with Crippen LogP contribution in [0.25, 0.3) is 10.9 Å². The Kier molecular flexibility index (Phi) is 3.82. The number of ether oxygens (including phenoxy) is 1. The quantitative estimate of drug-likeness (QED) is 0.861. The van der Waals surface area contributed by atoms with Crippen LogP contribution in [0.4, 0.5) is 0 Å². The molecular weight excluding hydrogens is 212 g/mol. The maximum Gasteiger partial charge on any atom is 0.0737 e. The summed E-state index contributed by atoms with van der Waals surface area (Å²) in [7, 11) is 0. The Labute approximate surface area is 102 Å². The molecule has 0 radical (unpaired) electrons. The summed E-state index contributed by atoms with van der Waals surface area (Å²) in [5, 5.41) is 1.27. The SMILES string of the molecule is CCOCc1cn(CC)c2ccc(CN)cc12. The van der Waals surface area contributed by atoms with Crippen LogP contribution in [0.5, 0.6) is 0 Å². The minimum absolute atomic E-state index is 0.585. The van der Waals surface area contributed by atoms with Crippen LogP contribution in [0.3, 0.4) is 0 Å². The molecule has 0 aliphatic heterocycles. The molecule has 92 valence electrons. The van der Waals surface area contributed by atoms with Gasteiger partial charge in [0.05, 0.1) is 6.61 Å². The number of hydrogen-bond donors (Lipinski definition) is 1. The summed E-state index contributed by atoms with van der Waals surface area (Å²) in [6, 6.07) is 6.42. The molecule has 1 aromatic heterocycles. The number of nitrogens with two attached hydrogens (primary N) is 1. The van der Waals surface area contributed by atoms with Gasteiger partial charge < -0.3 is 15.0 Å². The Balaban J connectivity index is 2.49. The summed E-state index contributed by atoms with van der Waals surface area (Å²) in [4.78, 5) is 0. The molecule has 0 bridgehead atoms. The van der Waals surface area contributed by atoms with Crippen molar-refractivity contribution < 1.29 is 4.74 Å². The fourth-order valence-electron chi connectivity index (χ4n) is 2.13. The normalized spacial score (nSPS) is 11.2. The molecule has 1 heterocycles. The first kappa shape index (κ1) is 12.1. The number of nitrogens with zero attached hydrogens (tertiary/aromatic N) is 1. The molecule has 0 saturated carbocycles. The van der Waals surface area contributed by atoms with E-state index in [0.29, 0.717) is 13.2 Å². The first-order chi connectivity index (χ1) is 8.30. The van der Waals surface area contributed by atoms with Gasteiger partial charge in [-0.2, -0.15) is 0 Å². The van der Waals surface area contributed by atoms with Gasteiger partial charge in [0.2, 0.25) is 0 Å². The summed E-state index contributed by atoms with van der Waals surface area (Å²) >= 11 is 0. The van der Waals surface area contributed by atoms with E-state index in [1.54, 1.807) is 0 Å². The van der Waals surface area contributed by atoms with Crippen molar-refractivity contribution in [2.24, 2.45) is 5.73 Å². The van der Waals surface area contributed by atoms with Gasteiger partial charge in [0.15, 0.2) is 0 Å². The van der Waals surface area contributed by atoms with E-state index in [0.717, 1.165) is 13.2 Å². The zero-order valence-corrected chi connectivity index (χ0v) is 10.6. The third-order valence-electron chi connectivity index (χ3n) is 3.07. The van der Waals surface area contributed by atoms with E-state index in [4.69, 9.17) is 10.5 Å². The summed E-state index contributed by atoms with van der Waals surface area (Å²) in [5.41, 5.74) is 9.38. The molecule has 2 rings (SSSR count). The van der Waals surface area contributed by atoms with Crippen LogP contribution in [0.15, 0.2) is 24.4 Å². The highest BCUT2D eigenvalue weighted by Gasteiger charge is 2.08. The summed E-state index contributed by atoms with van der Waals surface area (Å²) < 4.78 is 7.77. The smallest absolute Gasteiger partial charge is 0.0737 e. The van der Waals surface area contributed by atoms with Crippen molar-refractivity contribution in [3.8, 4) is 0 Å². The Bertz CT molecular complexity index is 502. The Hall–Kier alpha value is -1.32. The van der Waals surface area contributed by atoms with Gasteiger partial charge in [-0.25, -0.2) is 0 Å². The van der Waals surface area contributed by atoms with Crippen LogP contribution in [0.1, 0.15) is 25.0 Å². The predicted octanol–water partition coefficient (Wildman–Crippen LogP) is 2.66. The predicted molar refractivity (Wildman–Crippen MR) is 70.8 cm³/mol. The zero-order chi connectivity index (χ0) is 12.3. The molecule has 2 N–H and O–H groups in total. The van der Waals surface area contributed by atoms with Gasteiger partial charge in [-0.1, -0.05) is 6.07 Å². The third kappa shape index (κ3) is 2.35. The van der Waals surface area contributed by atoms with Crippen molar-refractivity contribution in [1.29, 1.82) is 0 Å². The van der Waals surface area contributed by atoms with E-state index in [9.17, 15) is 0 Å². The molecule has 3 heteroatoms. The van der Waals surface area contributed by atoms with E-state index in [1.165, 1.54) is 22.0 Å². The van der Waals surface area contributed by atoms with Crippen molar-refractivity contribution in [3.63, 3.8) is 0 Å². The van der Waals surface area contributed by atoms with Crippen molar-refractivity contribution in [3.05, 3.63) is 35.5 Å². The molecule has 0 amide bonds. The van der Waals surface area contributed by atoms with Crippen LogP contribution >= 0.6 is 0 Å². The van der Waals surface area contributed by atoms with E-state index >= 15 is 0 Å². The highest BCUT2D eigenvalue weighted by molar-refractivity contribution is 5.84. The number of aromatic nitrogens is 1. The van der Waals surface area contributed by atoms with Crippen LogP contribution in [0, 0.1) is 0 Å². The molecular formula is C14H20N2O. The second kappa shape index (κ2) is 5.34. The standard InChI is InChI=1S/C14H20N2O/c1-3-16-9-12(10-17-4-2)13-7-11(8-15)5-6-14(13)16/h5-7,9H,3-4,8,10,15H2,1-2H3. The lowest BCUT2D eigenvalue weighted by atomic mass is 10.1. The highest BCUT2D eigenvalue weighted by Crippen LogP contribution is 2.23. The maximum absolute atomic E-state index is 5.69. The fraction of sp³-hybridized carbons (Fsp3) is 0.429. The number of rotatable bonds is 5. The molecule has 0 atom stereocenters. The van der Waals surface area contributed by atoms with E-state index in [2.05, 4.69) is 35.9 Å². The Morgan fingerprint density at radius 2 is 2.12 bits per heavy atom. The van der Waals surface area contributed by atoms with E-state index in [1.807, 2.05) is 6.92 Å². The molecule has 0 spiro atoms. The largest absolute Gasteiger partial charge is 0.377 e. The van der Waals surface area contributed by atoms with Crippen molar-refractivity contribution in [2.75, 3.05) is 6.61 Å². The Morgan fingerprint density at radius 3 is 2.76 bits per heavy atom. The van der Waals surface area contributed by atoms with Crippen molar-refractivity contribution >= 4 is 10.9 Å². The summed E-state index contributed by atoms with van der Waals surface area (Å²) in [6.45, 7) is 7.15. The third-order valence-corrected chi connectivity index (χ3v) is 3.07. The first-order valence-electron chi connectivity index (χ1n) is 6.18. The van der Waals surface area contributed by atoms with Gasteiger partial charge in [-0.3, -0.25) is 0 Å². The summed E-state index contributed by atoms with van der Waals surface area (Å²) in [6.07, 6.45) is 2.18. The van der Waals surface area contributed by atoms with Gasteiger partial charge in [-0.15, -0.1) is 0 Å². The number of benzene rings is 1. The number of hydrogen-bond acceptors (Lipinski definition) is 2. The molecule has 0 aliphatic carbocycles. The van der Waals surface area contributed by atoms with Gasteiger partial charge >= 0.3 is 0 Å². The zero-order valence-electron chi connectivity index (χ0n) is 10.6. The molecule has 17 heavy (non-hydrogen) atoms. The molecule has 3 nitrogen and oxygen atoms in total. The molecule has 0 saturated heterocycles. The second-order valence-corrected chi connectivity index (χ2v) is 4.13. The monoisotopic (exact) mass is 232 g/mol. The van der Waals surface area contributed by atoms with Gasteiger partial charge in [0.25, 0.3) is 0 Å². The fourth-order valence-corrected chi connectivity index (χ4v) is 2.13. The lowest BCUT2D eigenvalue weighted by Gasteiger charge is -2.02. The summed E-state index contributed by atoms with van der Waals surface area (Å²) in [5.74, 6) is 0. The van der Waals surface area contributed by atoms with Crippen LogP contribution in [-0.4, -0.2) is 11.2 Å². The van der Waals surface area contributed by atoms with Crippen LogP contribution in [0.2, 0.25) is 0 Å². The van der Waals surface area contributed by atoms with Crippen LogP contribution < -0.4 is 5.73 Å². The lowest BCUT2D eigenvalue weighted by Crippen LogP contribution is -1.96. The number of aryl methyl sites for hydroxylation is 1. The highest BCUT2D eigenvalue weighted by atomic mass is 16.5. The maximum atomic E-state index is 5.69. The molecule has 2 aromatic rings. The average Bonchev–Trinajstić information content (AvgIpc) is 2.73. The van der Waals surface area contributed by atoms with E-state index < -0.39 is 0 Å². The number of fused-ring (bicyclic) bond motifs is 1. The molecule has 0 aliphatic rings. The molecule has 0 fully saturated rings. The second-order valence-electron chi connectivity index (χ2n) is 4.13. The van der Waals surface area contributed by atoms with Gasteiger partial charge in [0, 0.05) is 42.4 Å². The minimum Gasteiger partial charge on any atom is -0.377 e. The molecule has 0 unspecified atom stereocenters. The lowest BCUT2D eigenvalue weighted by molar-refractivity contribution is 0.135. The minimum atomic E-state index is 0.585. The van der Waals surface area contributed by atoms with Gasteiger partial charge in [-0.05, 0) is 31.5 Å². The van der Waals surface area contributed by atoms with Gasteiger partial charge in [0.1, 0.15) is 0 Å². The van der Waals surface area contributed by atoms with Crippen LogP contribution in [-0.2, 0) is 24.4 Å². The molecule has 1 aromatic carbocycles. The van der Waals surface area contributed by atoms with Crippen molar-refractivity contribution in [2.45, 2.75) is 33.5 Å². The van der Waals surface area contributed by atoms with Crippen molar-refractivity contribution in [1.82, 2.24) is 4.57 Å². The topological polar surface area (TPSA) is 40.2 Å². The Morgan fingerprint density at radius 1 is 1.29 bits per heavy atom. The average molecular weight is 232 g/mol. The van der Waals surface area contributed by atoms with E-state index in [-0.39, 0.29) is 0 Å². The first-order valence-corrected chi connectivity index (χ1v) is 6.18.